The maximum Gasteiger partial charge on any atom is 0.0710 e. The topological polar surface area (TPSA) is 62.8 Å². The zero-order valence-electron chi connectivity index (χ0n) is 11.5. The molecule has 1 fully saturated rings. The van der Waals surface area contributed by atoms with E-state index in [4.69, 9.17) is 4.74 Å². The summed E-state index contributed by atoms with van der Waals surface area (Å²) in [5.41, 5.74) is 3.29. The van der Waals surface area contributed by atoms with E-state index >= 15 is 0 Å². The fourth-order valence-electron chi connectivity index (χ4n) is 2.56. The molecule has 0 aromatic carbocycles. The Kier molecular flexibility index (Phi) is 4.40. The van der Waals surface area contributed by atoms with Gasteiger partial charge in [0.05, 0.1) is 18.0 Å². The highest BCUT2D eigenvalue weighted by atomic mass is 16.5. The maximum absolute atomic E-state index is 5.62. The molecule has 2 aromatic rings. The van der Waals surface area contributed by atoms with E-state index in [9.17, 15) is 0 Å². The maximum atomic E-state index is 5.62. The standard InChI is InChI=1S/C15H20N4O/c1-3-12(9-16-6-1)15-13(11-18-19-15)10-17-7-5-14-4-2-8-20-14/h1,3,6,9,11,14,17H,2,4-5,7-8,10H2,(H,18,19)/t14-/m0/s1. The summed E-state index contributed by atoms with van der Waals surface area (Å²) in [4.78, 5) is 4.15. The third-order valence-electron chi connectivity index (χ3n) is 3.65. The Balaban J connectivity index is 1.52. The van der Waals surface area contributed by atoms with Gasteiger partial charge in [-0.3, -0.25) is 10.1 Å². The van der Waals surface area contributed by atoms with Gasteiger partial charge in [0.1, 0.15) is 0 Å². The molecule has 20 heavy (non-hydrogen) atoms. The van der Waals surface area contributed by atoms with Crippen molar-refractivity contribution in [3.8, 4) is 11.3 Å². The Bertz CT molecular complexity index is 520. The van der Waals surface area contributed by atoms with Crippen molar-refractivity contribution in [3.05, 3.63) is 36.3 Å². The number of ether oxygens (including phenoxy) is 1. The third kappa shape index (κ3) is 3.23. The van der Waals surface area contributed by atoms with Crippen molar-refractivity contribution in [2.45, 2.75) is 31.9 Å². The fourth-order valence-corrected chi connectivity index (χ4v) is 2.56. The first-order chi connectivity index (χ1) is 9.93. The number of hydrogen-bond acceptors (Lipinski definition) is 4. The van der Waals surface area contributed by atoms with Gasteiger partial charge in [-0.05, 0) is 37.9 Å². The molecule has 0 bridgehead atoms. The van der Waals surface area contributed by atoms with Crippen molar-refractivity contribution in [2.24, 2.45) is 0 Å². The minimum Gasteiger partial charge on any atom is -0.378 e. The second-order valence-electron chi connectivity index (χ2n) is 5.11. The summed E-state index contributed by atoms with van der Waals surface area (Å²) in [7, 11) is 0. The van der Waals surface area contributed by atoms with E-state index in [1.54, 1.807) is 6.20 Å². The van der Waals surface area contributed by atoms with Crippen molar-refractivity contribution < 1.29 is 4.74 Å². The number of H-pyrrole nitrogens is 1. The van der Waals surface area contributed by atoms with Crippen LogP contribution in [0.2, 0.25) is 0 Å². The quantitative estimate of drug-likeness (QED) is 0.791. The smallest absolute Gasteiger partial charge is 0.0710 e. The van der Waals surface area contributed by atoms with E-state index in [2.05, 4.69) is 20.5 Å². The largest absolute Gasteiger partial charge is 0.378 e. The van der Waals surface area contributed by atoms with Gasteiger partial charge in [-0.1, -0.05) is 0 Å². The third-order valence-corrected chi connectivity index (χ3v) is 3.65. The lowest BCUT2D eigenvalue weighted by Crippen LogP contribution is -2.19. The first-order valence-electron chi connectivity index (χ1n) is 7.18. The monoisotopic (exact) mass is 272 g/mol. The van der Waals surface area contributed by atoms with Gasteiger partial charge in [0.2, 0.25) is 0 Å². The van der Waals surface area contributed by atoms with Crippen LogP contribution in [0.15, 0.2) is 30.7 Å². The minimum absolute atomic E-state index is 0.449. The molecule has 1 atom stereocenters. The zero-order chi connectivity index (χ0) is 13.6. The van der Waals surface area contributed by atoms with Crippen molar-refractivity contribution in [1.29, 1.82) is 0 Å². The van der Waals surface area contributed by atoms with E-state index in [1.165, 1.54) is 18.4 Å². The van der Waals surface area contributed by atoms with Crippen LogP contribution in [0.25, 0.3) is 11.3 Å². The van der Waals surface area contributed by atoms with Crippen LogP contribution in [-0.2, 0) is 11.3 Å². The average molecular weight is 272 g/mol. The first kappa shape index (κ1) is 13.3. The molecule has 3 heterocycles. The van der Waals surface area contributed by atoms with Gasteiger partial charge in [-0.25, -0.2) is 0 Å². The highest BCUT2D eigenvalue weighted by Gasteiger charge is 2.14. The zero-order valence-corrected chi connectivity index (χ0v) is 11.5. The van der Waals surface area contributed by atoms with Crippen molar-refractivity contribution in [2.75, 3.05) is 13.2 Å². The average Bonchev–Trinajstić information content (AvgIpc) is 3.16. The Hall–Kier alpha value is -1.72. The van der Waals surface area contributed by atoms with Crippen molar-refractivity contribution in [1.82, 2.24) is 20.5 Å². The number of hydrogen-bond donors (Lipinski definition) is 2. The lowest BCUT2D eigenvalue weighted by atomic mass is 10.1. The molecule has 5 heteroatoms. The van der Waals surface area contributed by atoms with E-state index in [-0.39, 0.29) is 0 Å². The molecule has 0 saturated carbocycles. The summed E-state index contributed by atoms with van der Waals surface area (Å²) in [6.07, 6.45) is 9.44. The van der Waals surface area contributed by atoms with Gasteiger partial charge in [-0.15, -0.1) is 0 Å². The Morgan fingerprint density at radius 1 is 1.40 bits per heavy atom. The van der Waals surface area contributed by atoms with E-state index in [1.807, 2.05) is 24.5 Å². The Morgan fingerprint density at radius 2 is 2.40 bits per heavy atom. The predicted octanol–water partition coefficient (Wildman–Crippen LogP) is 2.13. The van der Waals surface area contributed by atoms with Gasteiger partial charge < -0.3 is 10.1 Å². The highest BCUT2D eigenvalue weighted by molar-refractivity contribution is 5.61. The van der Waals surface area contributed by atoms with Crippen LogP contribution in [0, 0.1) is 0 Å². The number of aromatic amines is 1. The number of aromatic nitrogens is 3. The summed E-state index contributed by atoms with van der Waals surface area (Å²) in [5, 5.41) is 10.7. The fraction of sp³-hybridized carbons (Fsp3) is 0.467. The van der Waals surface area contributed by atoms with Gasteiger partial charge in [0, 0.05) is 36.7 Å². The number of nitrogens with one attached hydrogen (secondary N) is 2. The molecule has 1 aliphatic rings. The lowest BCUT2D eigenvalue weighted by Gasteiger charge is -2.10. The highest BCUT2D eigenvalue weighted by Crippen LogP contribution is 2.19. The molecule has 1 saturated heterocycles. The first-order valence-corrected chi connectivity index (χ1v) is 7.18. The molecule has 0 spiro atoms. The van der Waals surface area contributed by atoms with Gasteiger partial charge >= 0.3 is 0 Å². The molecule has 106 valence electrons. The molecule has 0 aliphatic carbocycles. The summed E-state index contributed by atoms with van der Waals surface area (Å²) < 4.78 is 5.62. The molecule has 5 nitrogen and oxygen atoms in total. The van der Waals surface area contributed by atoms with Gasteiger partial charge in [0.15, 0.2) is 0 Å². The SMILES string of the molecule is c1cncc(-c2[nH]ncc2CNCC[C@@H]2CCCO2)c1. The molecule has 0 amide bonds. The molecule has 2 N–H and O–H groups in total. The van der Waals surface area contributed by atoms with Crippen LogP contribution in [0.3, 0.4) is 0 Å². The van der Waals surface area contributed by atoms with Crippen LogP contribution < -0.4 is 5.32 Å². The summed E-state index contributed by atoms with van der Waals surface area (Å²) in [5.74, 6) is 0. The summed E-state index contributed by atoms with van der Waals surface area (Å²) in [6, 6.07) is 3.97. The predicted molar refractivity (Wildman–Crippen MR) is 77.1 cm³/mol. The number of rotatable bonds is 6. The number of pyridine rings is 1. The summed E-state index contributed by atoms with van der Waals surface area (Å²) in [6.45, 7) is 2.72. The molecular formula is C15H20N4O. The van der Waals surface area contributed by atoms with Crippen LogP contribution in [0.1, 0.15) is 24.8 Å². The van der Waals surface area contributed by atoms with Crippen molar-refractivity contribution >= 4 is 0 Å². The van der Waals surface area contributed by atoms with E-state index in [0.717, 1.165) is 37.4 Å². The molecule has 2 aromatic heterocycles. The normalized spacial score (nSPS) is 18.5. The van der Waals surface area contributed by atoms with E-state index in [0.29, 0.717) is 6.10 Å². The molecule has 0 radical (unpaired) electrons. The minimum atomic E-state index is 0.449. The molecule has 1 aliphatic heterocycles. The Morgan fingerprint density at radius 3 is 3.20 bits per heavy atom. The van der Waals surface area contributed by atoms with Gasteiger partial charge in [-0.2, -0.15) is 5.10 Å². The second kappa shape index (κ2) is 6.63. The van der Waals surface area contributed by atoms with Crippen LogP contribution in [-0.4, -0.2) is 34.4 Å². The van der Waals surface area contributed by atoms with Crippen LogP contribution in [0.4, 0.5) is 0 Å². The number of nitrogens with zero attached hydrogens (tertiary/aromatic N) is 2. The lowest BCUT2D eigenvalue weighted by molar-refractivity contribution is 0.104. The van der Waals surface area contributed by atoms with E-state index < -0.39 is 0 Å². The van der Waals surface area contributed by atoms with Crippen LogP contribution in [0.5, 0.6) is 0 Å². The molecule has 0 unspecified atom stereocenters. The van der Waals surface area contributed by atoms with Crippen molar-refractivity contribution in [3.63, 3.8) is 0 Å². The Labute approximate surface area is 118 Å². The molecular weight excluding hydrogens is 252 g/mol. The summed E-state index contributed by atoms with van der Waals surface area (Å²) >= 11 is 0. The van der Waals surface area contributed by atoms with Crippen LogP contribution >= 0.6 is 0 Å². The molecule has 3 rings (SSSR count). The van der Waals surface area contributed by atoms with Gasteiger partial charge in [0.25, 0.3) is 0 Å². The second-order valence-corrected chi connectivity index (χ2v) is 5.11.